The van der Waals surface area contributed by atoms with Crippen molar-refractivity contribution in [2.24, 2.45) is 5.41 Å². The van der Waals surface area contributed by atoms with Crippen LogP contribution in [0.2, 0.25) is 0 Å². The number of ether oxygens (including phenoxy) is 1. The minimum atomic E-state index is -4.22. The largest absolute Gasteiger partial charge is 0.411 e. The van der Waals surface area contributed by atoms with Crippen molar-refractivity contribution in [1.82, 2.24) is 5.32 Å². The molecule has 110 valence electrons. The molecule has 0 radical (unpaired) electrons. The van der Waals surface area contributed by atoms with E-state index in [0.29, 0.717) is 12.5 Å². The molecule has 2 nitrogen and oxygen atoms in total. The quantitative estimate of drug-likeness (QED) is 0.643. The van der Waals surface area contributed by atoms with Gasteiger partial charge in [-0.15, -0.1) is 0 Å². The Balaban J connectivity index is 4.01. The second-order valence-electron chi connectivity index (χ2n) is 5.51. The Kier molecular flexibility index (Phi) is 7.87. The lowest BCUT2D eigenvalue weighted by molar-refractivity contribution is -0.175. The van der Waals surface area contributed by atoms with Crippen LogP contribution < -0.4 is 5.32 Å². The molecule has 0 fully saturated rings. The third-order valence-electron chi connectivity index (χ3n) is 2.91. The molecule has 0 aromatic heterocycles. The first kappa shape index (κ1) is 17.7. The molecule has 0 amide bonds. The van der Waals surface area contributed by atoms with Gasteiger partial charge in [0.25, 0.3) is 0 Å². The van der Waals surface area contributed by atoms with E-state index in [1.54, 1.807) is 0 Å². The van der Waals surface area contributed by atoms with Crippen LogP contribution in [-0.2, 0) is 4.74 Å². The van der Waals surface area contributed by atoms with Crippen molar-refractivity contribution in [3.8, 4) is 0 Å². The summed E-state index contributed by atoms with van der Waals surface area (Å²) >= 11 is 0. The maximum absolute atomic E-state index is 11.9. The van der Waals surface area contributed by atoms with Crippen molar-refractivity contribution in [3.63, 3.8) is 0 Å². The van der Waals surface area contributed by atoms with E-state index in [4.69, 9.17) is 4.74 Å². The van der Waals surface area contributed by atoms with E-state index in [1.807, 2.05) is 0 Å². The van der Waals surface area contributed by atoms with Crippen LogP contribution >= 0.6 is 0 Å². The van der Waals surface area contributed by atoms with E-state index in [-0.39, 0.29) is 12.0 Å². The first-order valence-electron chi connectivity index (χ1n) is 6.56. The molecule has 0 saturated carbocycles. The molecule has 0 aromatic rings. The smallest absolute Gasteiger partial charge is 0.372 e. The summed E-state index contributed by atoms with van der Waals surface area (Å²) in [7, 11) is 0. The summed E-state index contributed by atoms with van der Waals surface area (Å²) in [6, 6.07) is 0.386. The van der Waals surface area contributed by atoms with Gasteiger partial charge in [0.2, 0.25) is 0 Å². The molecular formula is C13H26F3NO. The zero-order valence-electron chi connectivity index (χ0n) is 11.9. The SMILES string of the molecule is CCCC(C)(CCOCC(F)(F)F)CNC(C)C. The van der Waals surface area contributed by atoms with Crippen LogP contribution in [0.1, 0.15) is 47.0 Å². The molecular weight excluding hydrogens is 243 g/mol. The van der Waals surface area contributed by atoms with Crippen LogP contribution in [0.25, 0.3) is 0 Å². The Morgan fingerprint density at radius 3 is 2.22 bits per heavy atom. The molecule has 0 heterocycles. The Morgan fingerprint density at radius 1 is 1.17 bits per heavy atom. The molecule has 0 aromatic carbocycles. The van der Waals surface area contributed by atoms with Gasteiger partial charge in [0.1, 0.15) is 6.61 Å². The fourth-order valence-electron chi connectivity index (χ4n) is 1.86. The topological polar surface area (TPSA) is 21.3 Å². The van der Waals surface area contributed by atoms with Crippen LogP contribution in [0.3, 0.4) is 0 Å². The van der Waals surface area contributed by atoms with Crippen molar-refractivity contribution in [1.29, 1.82) is 0 Å². The van der Waals surface area contributed by atoms with Crippen molar-refractivity contribution >= 4 is 0 Å². The predicted octanol–water partition coefficient (Wildman–Crippen LogP) is 3.76. The summed E-state index contributed by atoms with van der Waals surface area (Å²) in [5.41, 5.74) is 0.00458. The first-order valence-corrected chi connectivity index (χ1v) is 6.56. The summed E-state index contributed by atoms with van der Waals surface area (Å²) in [5, 5.41) is 3.35. The molecule has 1 unspecified atom stereocenters. The van der Waals surface area contributed by atoms with Crippen molar-refractivity contribution in [2.45, 2.75) is 59.2 Å². The highest BCUT2D eigenvalue weighted by Crippen LogP contribution is 2.27. The van der Waals surface area contributed by atoms with E-state index in [2.05, 4.69) is 33.0 Å². The van der Waals surface area contributed by atoms with Gasteiger partial charge in [-0.1, -0.05) is 34.1 Å². The van der Waals surface area contributed by atoms with Crippen LogP contribution in [-0.4, -0.2) is 32.0 Å². The van der Waals surface area contributed by atoms with Gasteiger partial charge < -0.3 is 10.1 Å². The maximum atomic E-state index is 11.9. The number of rotatable bonds is 9. The molecule has 0 aliphatic heterocycles. The highest BCUT2D eigenvalue weighted by atomic mass is 19.4. The van der Waals surface area contributed by atoms with Crippen LogP contribution in [0.4, 0.5) is 13.2 Å². The minimum Gasteiger partial charge on any atom is -0.372 e. The Hall–Kier alpha value is -0.290. The number of alkyl halides is 3. The number of nitrogens with one attached hydrogen (secondary N) is 1. The summed E-state index contributed by atoms with van der Waals surface area (Å²) in [6.07, 6.45) is -1.56. The van der Waals surface area contributed by atoms with Crippen LogP contribution in [0.5, 0.6) is 0 Å². The molecule has 0 spiro atoms. The molecule has 0 aliphatic rings. The lowest BCUT2D eigenvalue weighted by atomic mass is 9.82. The second kappa shape index (κ2) is 8.00. The zero-order chi connectivity index (χ0) is 14.2. The molecule has 0 aliphatic carbocycles. The average Bonchev–Trinajstić information content (AvgIpc) is 2.21. The summed E-state index contributed by atoms with van der Waals surface area (Å²) in [4.78, 5) is 0. The van der Waals surface area contributed by atoms with Crippen LogP contribution in [0.15, 0.2) is 0 Å². The van der Waals surface area contributed by atoms with Gasteiger partial charge in [-0.05, 0) is 18.3 Å². The Labute approximate surface area is 108 Å². The van der Waals surface area contributed by atoms with Crippen molar-refractivity contribution in [2.75, 3.05) is 19.8 Å². The van der Waals surface area contributed by atoms with E-state index in [0.717, 1.165) is 19.4 Å². The standard InChI is InChI=1S/C13H26F3NO/c1-5-6-12(4,9-17-11(2)3)7-8-18-10-13(14,15)16/h11,17H,5-10H2,1-4H3. The summed E-state index contributed by atoms with van der Waals surface area (Å²) in [6.45, 7) is 8.14. The van der Waals surface area contributed by atoms with Gasteiger partial charge in [-0.3, -0.25) is 0 Å². The monoisotopic (exact) mass is 269 g/mol. The number of hydrogen-bond donors (Lipinski definition) is 1. The van der Waals surface area contributed by atoms with Gasteiger partial charge in [-0.2, -0.15) is 13.2 Å². The van der Waals surface area contributed by atoms with E-state index < -0.39 is 12.8 Å². The number of halogens is 3. The highest BCUT2D eigenvalue weighted by Gasteiger charge is 2.28. The predicted molar refractivity (Wildman–Crippen MR) is 67.6 cm³/mol. The maximum Gasteiger partial charge on any atom is 0.411 e. The Morgan fingerprint density at radius 2 is 1.78 bits per heavy atom. The highest BCUT2D eigenvalue weighted by molar-refractivity contribution is 4.77. The third kappa shape index (κ3) is 9.71. The summed E-state index contributed by atoms with van der Waals surface area (Å²) < 4.78 is 40.5. The number of hydrogen-bond acceptors (Lipinski definition) is 2. The first-order chi connectivity index (χ1) is 8.18. The van der Waals surface area contributed by atoms with Crippen molar-refractivity contribution < 1.29 is 17.9 Å². The molecule has 0 rings (SSSR count). The van der Waals surface area contributed by atoms with E-state index >= 15 is 0 Å². The van der Waals surface area contributed by atoms with E-state index in [1.165, 1.54) is 0 Å². The fraction of sp³-hybridized carbons (Fsp3) is 1.00. The third-order valence-corrected chi connectivity index (χ3v) is 2.91. The molecule has 5 heteroatoms. The minimum absolute atomic E-state index is 0.00458. The fourth-order valence-corrected chi connectivity index (χ4v) is 1.86. The van der Waals surface area contributed by atoms with Gasteiger partial charge >= 0.3 is 6.18 Å². The van der Waals surface area contributed by atoms with E-state index in [9.17, 15) is 13.2 Å². The lowest BCUT2D eigenvalue weighted by Crippen LogP contribution is -2.36. The molecule has 1 atom stereocenters. The van der Waals surface area contributed by atoms with Gasteiger partial charge in [0.05, 0.1) is 0 Å². The van der Waals surface area contributed by atoms with Crippen LogP contribution in [0, 0.1) is 5.41 Å². The van der Waals surface area contributed by atoms with Gasteiger partial charge in [-0.25, -0.2) is 0 Å². The van der Waals surface area contributed by atoms with Crippen molar-refractivity contribution in [3.05, 3.63) is 0 Å². The average molecular weight is 269 g/mol. The molecule has 0 bridgehead atoms. The summed E-state index contributed by atoms with van der Waals surface area (Å²) in [5.74, 6) is 0. The normalized spacial score (nSPS) is 16.0. The Bertz CT molecular complexity index is 219. The lowest BCUT2D eigenvalue weighted by Gasteiger charge is -2.30. The molecule has 18 heavy (non-hydrogen) atoms. The molecule has 0 saturated heterocycles. The second-order valence-corrected chi connectivity index (χ2v) is 5.51. The molecule has 1 N–H and O–H groups in total. The zero-order valence-corrected chi connectivity index (χ0v) is 11.9. The van der Waals surface area contributed by atoms with Gasteiger partial charge in [0.15, 0.2) is 0 Å². The van der Waals surface area contributed by atoms with Gasteiger partial charge in [0, 0.05) is 19.2 Å².